The fourth-order valence-corrected chi connectivity index (χ4v) is 3.18. The number of fused-ring (bicyclic) bond motifs is 2. The highest BCUT2D eigenvalue weighted by molar-refractivity contribution is 6.42. The second-order valence-electron chi connectivity index (χ2n) is 5.18. The molecule has 1 saturated carbocycles. The molecule has 0 aromatic rings. The van der Waals surface area contributed by atoms with E-state index in [-0.39, 0.29) is 0 Å². The molecule has 4 atom stereocenters. The molecule has 3 rings (SSSR count). The molecule has 3 aliphatic rings. The zero-order chi connectivity index (χ0) is 10.4. The molecule has 1 aliphatic heterocycles. The van der Waals surface area contributed by atoms with Crippen LogP contribution < -0.4 is 0 Å². The average molecular weight is 202 g/mol. The van der Waals surface area contributed by atoms with Crippen LogP contribution in [0.4, 0.5) is 0 Å². The van der Waals surface area contributed by atoms with Crippen LogP contribution in [0.5, 0.6) is 0 Å². The van der Waals surface area contributed by atoms with Crippen LogP contribution in [0, 0.1) is 17.8 Å². The van der Waals surface area contributed by atoms with E-state index < -0.39 is 0 Å². The first-order chi connectivity index (χ1) is 7.24. The van der Waals surface area contributed by atoms with Crippen molar-refractivity contribution in [2.24, 2.45) is 27.7 Å². The topological polar surface area (TPSA) is 24.7 Å². The molecule has 0 saturated heterocycles. The van der Waals surface area contributed by atoms with Crippen LogP contribution >= 0.6 is 0 Å². The molecule has 0 radical (unpaired) electrons. The molecule has 2 aliphatic carbocycles. The van der Waals surface area contributed by atoms with Crippen LogP contribution in [0.3, 0.4) is 0 Å². The van der Waals surface area contributed by atoms with E-state index in [1.54, 1.807) is 0 Å². The first kappa shape index (κ1) is 9.32. The van der Waals surface area contributed by atoms with Crippen molar-refractivity contribution in [2.45, 2.75) is 32.7 Å². The lowest BCUT2D eigenvalue weighted by atomic mass is 9.86. The van der Waals surface area contributed by atoms with Gasteiger partial charge in [-0.1, -0.05) is 12.2 Å². The van der Waals surface area contributed by atoms with Gasteiger partial charge in [-0.15, -0.1) is 0 Å². The van der Waals surface area contributed by atoms with Gasteiger partial charge in [0, 0.05) is 5.92 Å². The van der Waals surface area contributed by atoms with Crippen LogP contribution in [-0.4, -0.2) is 24.0 Å². The van der Waals surface area contributed by atoms with Gasteiger partial charge in [-0.2, -0.15) is 0 Å². The Kier molecular flexibility index (Phi) is 2.04. The highest BCUT2D eigenvalue weighted by Crippen LogP contribution is 2.44. The Morgan fingerprint density at radius 3 is 2.80 bits per heavy atom. The van der Waals surface area contributed by atoms with E-state index in [4.69, 9.17) is 4.99 Å². The predicted molar refractivity (Wildman–Crippen MR) is 63.7 cm³/mol. The number of rotatable bonds is 1. The summed E-state index contributed by atoms with van der Waals surface area (Å²) >= 11 is 0. The van der Waals surface area contributed by atoms with Crippen LogP contribution in [0.2, 0.25) is 0 Å². The number of nitrogens with zero attached hydrogens (tertiary/aromatic N) is 2. The standard InChI is InChI=1S/C13H18N2/c1-8-7-14-9(2)13(15-8)12-6-10-3-4-11(12)5-10/h3-4,8,10-12H,5-7H2,1-2H3/t8?,10-,11+,12+/m0/s1. The molecule has 2 bridgehead atoms. The van der Waals surface area contributed by atoms with Crippen molar-refractivity contribution in [2.75, 3.05) is 6.54 Å². The Morgan fingerprint density at radius 1 is 1.27 bits per heavy atom. The van der Waals surface area contributed by atoms with E-state index >= 15 is 0 Å². The van der Waals surface area contributed by atoms with Gasteiger partial charge in [0.15, 0.2) is 0 Å². The van der Waals surface area contributed by atoms with Crippen LogP contribution in [-0.2, 0) is 0 Å². The molecule has 0 aromatic carbocycles. The highest BCUT2D eigenvalue weighted by atomic mass is 14.9. The molecule has 2 nitrogen and oxygen atoms in total. The minimum atomic E-state index is 0.395. The lowest BCUT2D eigenvalue weighted by Crippen LogP contribution is -2.31. The number of hydrogen-bond acceptors (Lipinski definition) is 2. The first-order valence-corrected chi connectivity index (χ1v) is 6.01. The molecule has 0 spiro atoms. The Bertz CT molecular complexity index is 365. The Labute approximate surface area is 91.2 Å². The fourth-order valence-electron chi connectivity index (χ4n) is 3.18. The molecular formula is C13H18N2. The van der Waals surface area contributed by atoms with E-state index in [1.807, 2.05) is 0 Å². The summed E-state index contributed by atoms with van der Waals surface area (Å²) in [5.74, 6) is 2.25. The molecule has 1 unspecified atom stereocenters. The maximum atomic E-state index is 4.82. The van der Waals surface area contributed by atoms with Crippen molar-refractivity contribution in [3.05, 3.63) is 12.2 Å². The minimum absolute atomic E-state index is 0.395. The minimum Gasteiger partial charge on any atom is -0.286 e. The summed E-state index contributed by atoms with van der Waals surface area (Å²) in [5.41, 5.74) is 2.50. The predicted octanol–water partition coefficient (Wildman–Crippen LogP) is 2.50. The van der Waals surface area contributed by atoms with Crippen LogP contribution in [0.15, 0.2) is 22.1 Å². The van der Waals surface area contributed by atoms with Crippen molar-refractivity contribution in [1.82, 2.24) is 0 Å². The van der Waals surface area contributed by atoms with Gasteiger partial charge in [0.05, 0.1) is 24.0 Å². The highest BCUT2D eigenvalue weighted by Gasteiger charge is 2.39. The Hall–Kier alpha value is -0.920. The van der Waals surface area contributed by atoms with Crippen LogP contribution in [0.1, 0.15) is 26.7 Å². The zero-order valence-electron chi connectivity index (χ0n) is 9.48. The van der Waals surface area contributed by atoms with Gasteiger partial charge in [-0.25, -0.2) is 0 Å². The van der Waals surface area contributed by atoms with Crippen molar-refractivity contribution in [3.63, 3.8) is 0 Å². The van der Waals surface area contributed by atoms with Gasteiger partial charge in [-0.05, 0) is 38.5 Å². The quantitative estimate of drug-likeness (QED) is 0.584. The molecule has 2 heteroatoms. The summed E-state index contributed by atoms with van der Waals surface area (Å²) in [5, 5.41) is 0. The molecule has 1 fully saturated rings. The Balaban J connectivity index is 1.88. The summed E-state index contributed by atoms with van der Waals surface area (Å²) < 4.78 is 0. The average Bonchev–Trinajstić information content (AvgIpc) is 2.83. The second-order valence-corrected chi connectivity index (χ2v) is 5.18. The van der Waals surface area contributed by atoms with Crippen molar-refractivity contribution in [1.29, 1.82) is 0 Å². The summed E-state index contributed by atoms with van der Waals surface area (Å²) in [7, 11) is 0. The Morgan fingerprint density at radius 2 is 2.13 bits per heavy atom. The van der Waals surface area contributed by atoms with Gasteiger partial charge < -0.3 is 0 Å². The van der Waals surface area contributed by atoms with Gasteiger partial charge in [-0.3, -0.25) is 9.98 Å². The molecule has 15 heavy (non-hydrogen) atoms. The van der Waals surface area contributed by atoms with Gasteiger partial charge in [0.2, 0.25) is 0 Å². The largest absolute Gasteiger partial charge is 0.286 e. The lowest BCUT2D eigenvalue weighted by molar-refractivity contribution is 0.578. The second kappa shape index (κ2) is 3.29. The van der Waals surface area contributed by atoms with Crippen molar-refractivity contribution < 1.29 is 0 Å². The van der Waals surface area contributed by atoms with Crippen LogP contribution in [0.25, 0.3) is 0 Å². The number of hydrogen-bond donors (Lipinski definition) is 0. The molecular weight excluding hydrogens is 184 g/mol. The van der Waals surface area contributed by atoms with E-state index in [2.05, 4.69) is 31.0 Å². The maximum absolute atomic E-state index is 4.82. The lowest BCUT2D eigenvalue weighted by Gasteiger charge is -2.24. The summed E-state index contributed by atoms with van der Waals surface area (Å²) in [6.07, 6.45) is 7.44. The van der Waals surface area contributed by atoms with Gasteiger partial charge in [0.1, 0.15) is 0 Å². The van der Waals surface area contributed by atoms with Gasteiger partial charge >= 0.3 is 0 Å². The van der Waals surface area contributed by atoms with E-state index in [1.165, 1.54) is 24.3 Å². The third kappa shape index (κ3) is 1.47. The number of allylic oxidation sites excluding steroid dienone is 2. The monoisotopic (exact) mass is 202 g/mol. The maximum Gasteiger partial charge on any atom is 0.0670 e. The van der Waals surface area contributed by atoms with Crippen molar-refractivity contribution >= 4 is 11.4 Å². The third-order valence-electron chi connectivity index (χ3n) is 3.95. The molecule has 1 heterocycles. The van der Waals surface area contributed by atoms with Gasteiger partial charge in [0.25, 0.3) is 0 Å². The summed E-state index contributed by atoms with van der Waals surface area (Å²) in [6.45, 7) is 5.17. The fraction of sp³-hybridized carbons (Fsp3) is 0.692. The molecule has 80 valence electrons. The van der Waals surface area contributed by atoms with E-state index in [0.29, 0.717) is 12.0 Å². The molecule has 0 N–H and O–H groups in total. The zero-order valence-corrected chi connectivity index (χ0v) is 9.48. The van der Waals surface area contributed by atoms with E-state index in [0.717, 1.165) is 18.4 Å². The number of aliphatic imine (C=N–C) groups is 2. The molecule has 0 aromatic heterocycles. The normalized spacial score (nSPS) is 43.1. The van der Waals surface area contributed by atoms with E-state index in [9.17, 15) is 0 Å². The summed E-state index contributed by atoms with van der Waals surface area (Å²) in [6, 6.07) is 0.395. The van der Waals surface area contributed by atoms with Crippen molar-refractivity contribution in [3.8, 4) is 0 Å². The molecule has 0 amide bonds. The first-order valence-electron chi connectivity index (χ1n) is 6.01. The summed E-state index contributed by atoms with van der Waals surface area (Å²) in [4.78, 5) is 9.40. The SMILES string of the molecule is CC1=NCC(C)N=C1[C@@H]1C[C@H]2C=C[C@@H]1C2. The third-order valence-corrected chi connectivity index (χ3v) is 3.95. The smallest absolute Gasteiger partial charge is 0.0670 e.